The molecule has 0 spiro atoms. The molecular formula is C19H16N2O4S. The van der Waals surface area contributed by atoms with Gasteiger partial charge >= 0.3 is 0 Å². The van der Waals surface area contributed by atoms with E-state index in [-0.39, 0.29) is 16.6 Å². The fraction of sp³-hybridized carbons (Fsp3) is 0.105. The molecule has 2 aromatic carbocycles. The molecule has 7 heteroatoms. The summed E-state index contributed by atoms with van der Waals surface area (Å²) in [5.74, 6) is 0.0185. The van der Waals surface area contributed by atoms with E-state index in [1.54, 1.807) is 47.4 Å². The van der Waals surface area contributed by atoms with Crippen molar-refractivity contribution in [2.45, 2.75) is 11.3 Å². The third kappa shape index (κ3) is 2.97. The molecule has 1 aliphatic rings. The Morgan fingerprint density at radius 2 is 1.85 bits per heavy atom. The van der Waals surface area contributed by atoms with Gasteiger partial charge in [0.15, 0.2) is 5.76 Å². The van der Waals surface area contributed by atoms with E-state index in [0.717, 1.165) is 5.56 Å². The van der Waals surface area contributed by atoms with Crippen LogP contribution >= 0.6 is 0 Å². The Morgan fingerprint density at radius 3 is 2.58 bits per heavy atom. The van der Waals surface area contributed by atoms with Crippen LogP contribution in [-0.2, 0) is 16.4 Å². The van der Waals surface area contributed by atoms with E-state index in [1.807, 2.05) is 6.07 Å². The first-order chi connectivity index (χ1) is 12.5. The van der Waals surface area contributed by atoms with Gasteiger partial charge in [-0.3, -0.25) is 9.52 Å². The Morgan fingerprint density at radius 1 is 1.04 bits per heavy atom. The molecule has 1 N–H and O–H groups in total. The first-order valence-electron chi connectivity index (χ1n) is 8.11. The zero-order valence-electron chi connectivity index (χ0n) is 13.8. The van der Waals surface area contributed by atoms with Crippen LogP contribution in [0, 0.1) is 0 Å². The molecule has 0 fully saturated rings. The highest BCUT2D eigenvalue weighted by Crippen LogP contribution is 2.32. The monoisotopic (exact) mass is 368 g/mol. The van der Waals surface area contributed by atoms with Crippen molar-refractivity contribution in [3.05, 3.63) is 78.3 Å². The Labute approximate surface area is 151 Å². The van der Waals surface area contributed by atoms with Crippen LogP contribution in [0.5, 0.6) is 0 Å². The number of fused-ring (bicyclic) bond motifs is 1. The van der Waals surface area contributed by atoms with E-state index in [0.29, 0.717) is 24.3 Å². The van der Waals surface area contributed by atoms with Gasteiger partial charge in [0.05, 0.1) is 16.8 Å². The Kier molecular flexibility index (Phi) is 4.00. The molecule has 0 saturated heterocycles. The highest BCUT2D eigenvalue weighted by molar-refractivity contribution is 7.92. The van der Waals surface area contributed by atoms with Gasteiger partial charge in [-0.05, 0) is 48.4 Å². The van der Waals surface area contributed by atoms with Crippen LogP contribution in [-0.4, -0.2) is 20.9 Å². The lowest BCUT2D eigenvalue weighted by molar-refractivity contribution is 0.0963. The first-order valence-corrected chi connectivity index (χ1v) is 9.59. The number of benzene rings is 2. The largest absolute Gasteiger partial charge is 0.459 e. The van der Waals surface area contributed by atoms with Gasteiger partial charge < -0.3 is 9.32 Å². The second-order valence-electron chi connectivity index (χ2n) is 5.95. The second kappa shape index (κ2) is 6.34. The summed E-state index contributed by atoms with van der Waals surface area (Å²) < 4.78 is 32.8. The smallest absolute Gasteiger partial charge is 0.293 e. The molecule has 1 aliphatic heterocycles. The van der Waals surface area contributed by atoms with Crippen molar-refractivity contribution in [1.29, 1.82) is 0 Å². The van der Waals surface area contributed by atoms with E-state index in [4.69, 9.17) is 4.42 Å². The minimum Gasteiger partial charge on any atom is -0.459 e. The van der Waals surface area contributed by atoms with Crippen LogP contribution in [0.15, 0.2) is 76.2 Å². The number of carbonyl (C=O) groups excluding carboxylic acids is 1. The summed E-state index contributed by atoms with van der Waals surface area (Å²) in [5, 5.41) is 0. The number of anilines is 2. The number of carbonyl (C=O) groups is 1. The highest BCUT2D eigenvalue weighted by atomic mass is 32.2. The van der Waals surface area contributed by atoms with Crippen molar-refractivity contribution in [3.63, 3.8) is 0 Å². The average molecular weight is 368 g/mol. The topological polar surface area (TPSA) is 79.6 Å². The van der Waals surface area contributed by atoms with Gasteiger partial charge in [-0.2, -0.15) is 0 Å². The standard InChI is InChI=1S/C19H16N2O4S/c22-19(18-7-4-12-25-18)21-11-10-14-8-9-15(13-17(14)21)20-26(23,24)16-5-2-1-3-6-16/h1-9,12-13,20H,10-11H2. The molecule has 3 aromatic rings. The van der Waals surface area contributed by atoms with E-state index >= 15 is 0 Å². The summed E-state index contributed by atoms with van der Waals surface area (Å²) in [6.45, 7) is 0.532. The number of nitrogens with zero attached hydrogens (tertiary/aromatic N) is 1. The van der Waals surface area contributed by atoms with Gasteiger partial charge in [-0.15, -0.1) is 0 Å². The minimum atomic E-state index is -3.68. The summed E-state index contributed by atoms with van der Waals surface area (Å²) in [7, 11) is -3.68. The molecule has 0 atom stereocenters. The molecule has 26 heavy (non-hydrogen) atoms. The molecule has 132 valence electrons. The Bertz CT molecular complexity index is 1040. The van der Waals surface area contributed by atoms with E-state index in [1.165, 1.54) is 18.4 Å². The highest BCUT2D eigenvalue weighted by Gasteiger charge is 2.27. The van der Waals surface area contributed by atoms with Crippen LogP contribution in [0.1, 0.15) is 16.1 Å². The van der Waals surface area contributed by atoms with Crippen molar-refractivity contribution in [2.24, 2.45) is 0 Å². The number of hydrogen-bond acceptors (Lipinski definition) is 4. The Balaban J connectivity index is 1.63. The van der Waals surface area contributed by atoms with Crippen LogP contribution in [0.4, 0.5) is 11.4 Å². The molecule has 0 bridgehead atoms. The molecular weight excluding hydrogens is 352 g/mol. The molecule has 6 nitrogen and oxygen atoms in total. The molecule has 1 amide bonds. The SMILES string of the molecule is O=C(c1ccco1)N1CCc2ccc(NS(=O)(=O)c3ccccc3)cc21. The van der Waals surface area contributed by atoms with Crippen LogP contribution in [0.3, 0.4) is 0 Å². The number of furan rings is 1. The average Bonchev–Trinajstić information content (AvgIpc) is 3.31. The van der Waals surface area contributed by atoms with Gasteiger partial charge in [0.2, 0.25) is 0 Å². The summed E-state index contributed by atoms with van der Waals surface area (Å²) in [5.41, 5.74) is 2.10. The number of nitrogens with one attached hydrogen (secondary N) is 1. The first kappa shape index (κ1) is 16.4. The molecule has 1 aromatic heterocycles. The van der Waals surface area contributed by atoms with Gasteiger partial charge in [0.25, 0.3) is 15.9 Å². The number of amides is 1. The number of hydrogen-bond donors (Lipinski definition) is 1. The summed E-state index contributed by atoms with van der Waals surface area (Å²) in [4.78, 5) is 14.4. The van der Waals surface area contributed by atoms with Crippen molar-refractivity contribution in [1.82, 2.24) is 0 Å². The van der Waals surface area contributed by atoms with Crippen molar-refractivity contribution in [3.8, 4) is 0 Å². The third-order valence-electron chi connectivity index (χ3n) is 4.26. The lowest BCUT2D eigenvalue weighted by Gasteiger charge is -2.17. The molecule has 0 radical (unpaired) electrons. The lowest BCUT2D eigenvalue weighted by Crippen LogP contribution is -2.28. The summed E-state index contributed by atoms with van der Waals surface area (Å²) >= 11 is 0. The van der Waals surface area contributed by atoms with E-state index in [2.05, 4.69) is 4.72 Å². The maximum Gasteiger partial charge on any atom is 0.293 e. The number of sulfonamides is 1. The van der Waals surface area contributed by atoms with Gasteiger partial charge in [-0.25, -0.2) is 8.42 Å². The Hall–Kier alpha value is -3.06. The van der Waals surface area contributed by atoms with E-state index in [9.17, 15) is 13.2 Å². The maximum absolute atomic E-state index is 12.6. The van der Waals surface area contributed by atoms with Gasteiger partial charge in [0.1, 0.15) is 0 Å². The predicted octanol–water partition coefficient (Wildman–Crippen LogP) is 3.28. The fourth-order valence-corrected chi connectivity index (χ4v) is 4.07. The van der Waals surface area contributed by atoms with Gasteiger partial charge in [-0.1, -0.05) is 24.3 Å². The van der Waals surface area contributed by atoms with Crippen LogP contribution < -0.4 is 9.62 Å². The van der Waals surface area contributed by atoms with E-state index < -0.39 is 10.0 Å². The predicted molar refractivity (Wildman–Crippen MR) is 97.8 cm³/mol. The normalized spacial score (nSPS) is 13.5. The zero-order chi connectivity index (χ0) is 18.1. The van der Waals surface area contributed by atoms with Gasteiger partial charge in [0, 0.05) is 12.2 Å². The lowest BCUT2D eigenvalue weighted by atomic mass is 10.1. The summed E-state index contributed by atoms with van der Waals surface area (Å²) in [6.07, 6.45) is 2.17. The van der Waals surface area contributed by atoms with Crippen molar-refractivity contribution >= 4 is 27.3 Å². The van der Waals surface area contributed by atoms with Crippen LogP contribution in [0.25, 0.3) is 0 Å². The van der Waals surface area contributed by atoms with Crippen molar-refractivity contribution < 1.29 is 17.6 Å². The van der Waals surface area contributed by atoms with Crippen molar-refractivity contribution in [2.75, 3.05) is 16.2 Å². The molecule has 0 unspecified atom stereocenters. The summed E-state index contributed by atoms with van der Waals surface area (Å²) in [6, 6.07) is 16.7. The molecule has 0 aliphatic carbocycles. The number of rotatable bonds is 4. The maximum atomic E-state index is 12.6. The molecule has 0 saturated carbocycles. The molecule has 4 rings (SSSR count). The molecule has 2 heterocycles. The zero-order valence-corrected chi connectivity index (χ0v) is 14.6. The quantitative estimate of drug-likeness (QED) is 0.766. The van der Waals surface area contributed by atoms with Crippen LogP contribution in [0.2, 0.25) is 0 Å². The minimum absolute atomic E-state index is 0.184. The third-order valence-corrected chi connectivity index (χ3v) is 5.66. The second-order valence-corrected chi connectivity index (χ2v) is 7.63. The fourth-order valence-electron chi connectivity index (χ4n) is 3.00.